The minimum atomic E-state index is 0.677. The van der Waals surface area contributed by atoms with E-state index in [2.05, 4.69) is 55.9 Å². The van der Waals surface area contributed by atoms with E-state index >= 15 is 0 Å². The SMILES string of the molecule is C=N/C(C)=C\N(C)c1nccc2[nH]c(-c3n[nH]c4ccc(-c5cnccc5C)cc34)nc12. The van der Waals surface area contributed by atoms with Gasteiger partial charge >= 0.3 is 0 Å². The molecule has 0 spiro atoms. The van der Waals surface area contributed by atoms with E-state index < -0.39 is 0 Å². The van der Waals surface area contributed by atoms with Crippen LogP contribution in [0.1, 0.15) is 12.5 Å². The molecule has 0 bridgehead atoms. The van der Waals surface area contributed by atoms with E-state index in [4.69, 9.17) is 4.98 Å². The normalized spacial score (nSPS) is 11.9. The van der Waals surface area contributed by atoms with Crippen molar-refractivity contribution in [3.63, 3.8) is 0 Å². The van der Waals surface area contributed by atoms with Crippen LogP contribution in [0.4, 0.5) is 5.82 Å². The Morgan fingerprint density at radius 1 is 1.16 bits per heavy atom. The highest BCUT2D eigenvalue weighted by molar-refractivity contribution is 5.97. The van der Waals surface area contributed by atoms with Crippen LogP contribution >= 0.6 is 0 Å². The molecule has 0 radical (unpaired) electrons. The highest BCUT2D eigenvalue weighted by Gasteiger charge is 2.17. The van der Waals surface area contributed by atoms with Gasteiger partial charge in [0.25, 0.3) is 0 Å². The van der Waals surface area contributed by atoms with Gasteiger partial charge in [0.1, 0.15) is 11.2 Å². The Kier molecular flexibility index (Phi) is 4.74. The van der Waals surface area contributed by atoms with E-state index in [9.17, 15) is 0 Å². The summed E-state index contributed by atoms with van der Waals surface area (Å²) >= 11 is 0. The van der Waals surface area contributed by atoms with E-state index in [-0.39, 0.29) is 0 Å². The van der Waals surface area contributed by atoms with Gasteiger partial charge in [0, 0.05) is 42.8 Å². The second-order valence-electron chi connectivity index (χ2n) is 7.68. The van der Waals surface area contributed by atoms with Crippen molar-refractivity contribution in [2.24, 2.45) is 4.99 Å². The van der Waals surface area contributed by atoms with Gasteiger partial charge in [-0.15, -0.1) is 0 Å². The zero-order chi connectivity index (χ0) is 22.2. The maximum atomic E-state index is 4.85. The number of aromatic nitrogens is 6. The Labute approximate surface area is 184 Å². The Morgan fingerprint density at radius 2 is 2.03 bits per heavy atom. The van der Waals surface area contributed by atoms with E-state index in [0.717, 1.165) is 50.3 Å². The van der Waals surface area contributed by atoms with Crippen molar-refractivity contribution >= 4 is 34.5 Å². The molecule has 0 saturated carbocycles. The Balaban J connectivity index is 1.63. The van der Waals surface area contributed by atoms with Crippen molar-refractivity contribution in [1.82, 2.24) is 30.1 Å². The molecule has 0 aliphatic rings. The Hall–Kier alpha value is -4.33. The van der Waals surface area contributed by atoms with Gasteiger partial charge < -0.3 is 9.88 Å². The van der Waals surface area contributed by atoms with Crippen molar-refractivity contribution in [3.05, 3.63) is 66.4 Å². The van der Waals surface area contributed by atoms with E-state index in [0.29, 0.717) is 5.82 Å². The highest BCUT2D eigenvalue weighted by atomic mass is 15.2. The molecule has 0 amide bonds. The minimum absolute atomic E-state index is 0.677. The summed E-state index contributed by atoms with van der Waals surface area (Å²) in [4.78, 5) is 22.9. The number of nitrogens with zero attached hydrogens (tertiary/aromatic N) is 6. The molecule has 0 aliphatic heterocycles. The van der Waals surface area contributed by atoms with Gasteiger partial charge in [-0.1, -0.05) is 6.07 Å². The van der Waals surface area contributed by atoms with Crippen molar-refractivity contribution < 1.29 is 0 Å². The lowest BCUT2D eigenvalue weighted by Crippen LogP contribution is -2.11. The van der Waals surface area contributed by atoms with Gasteiger partial charge in [0.2, 0.25) is 0 Å². The first kappa shape index (κ1) is 19.6. The van der Waals surface area contributed by atoms with Gasteiger partial charge in [-0.25, -0.2) is 9.97 Å². The van der Waals surface area contributed by atoms with Crippen LogP contribution in [-0.2, 0) is 0 Å². The van der Waals surface area contributed by atoms with E-state index in [1.807, 2.05) is 49.5 Å². The number of benzene rings is 1. The van der Waals surface area contributed by atoms with Crippen LogP contribution in [0.15, 0.2) is 65.8 Å². The largest absolute Gasteiger partial charge is 0.336 e. The average molecular weight is 422 g/mol. The first-order chi connectivity index (χ1) is 15.5. The van der Waals surface area contributed by atoms with Crippen LogP contribution < -0.4 is 4.90 Å². The fraction of sp³-hybridized carbons (Fsp3) is 0.125. The molecule has 0 atom stereocenters. The zero-order valence-electron chi connectivity index (χ0n) is 18.1. The fourth-order valence-electron chi connectivity index (χ4n) is 3.80. The van der Waals surface area contributed by atoms with Crippen LogP contribution in [0.2, 0.25) is 0 Å². The maximum absolute atomic E-state index is 4.85. The first-order valence-corrected chi connectivity index (χ1v) is 10.2. The van der Waals surface area contributed by atoms with Crippen LogP contribution in [0.3, 0.4) is 0 Å². The van der Waals surface area contributed by atoms with Crippen LogP contribution in [0.25, 0.3) is 44.6 Å². The summed E-state index contributed by atoms with van der Waals surface area (Å²) in [5.74, 6) is 1.40. The highest BCUT2D eigenvalue weighted by Crippen LogP contribution is 2.32. The van der Waals surface area contributed by atoms with Crippen molar-refractivity contribution in [2.75, 3.05) is 11.9 Å². The molecule has 0 aliphatic carbocycles. The summed E-state index contributed by atoms with van der Waals surface area (Å²) in [6.07, 6.45) is 7.32. The van der Waals surface area contributed by atoms with Crippen LogP contribution in [-0.4, -0.2) is 43.9 Å². The second-order valence-corrected chi connectivity index (χ2v) is 7.68. The number of aryl methyl sites for hydroxylation is 1. The lowest BCUT2D eigenvalue weighted by molar-refractivity contribution is 1.10. The number of H-pyrrole nitrogens is 2. The predicted octanol–water partition coefficient (Wildman–Crippen LogP) is 4.87. The summed E-state index contributed by atoms with van der Waals surface area (Å²) in [5, 5.41) is 8.65. The number of rotatable bonds is 5. The third kappa shape index (κ3) is 3.31. The lowest BCUT2D eigenvalue weighted by atomic mass is 10.0. The van der Waals surface area contributed by atoms with Gasteiger partial charge in [-0.3, -0.25) is 15.1 Å². The molecule has 0 fully saturated rings. The van der Waals surface area contributed by atoms with Gasteiger partial charge in [0.15, 0.2) is 11.6 Å². The van der Waals surface area contributed by atoms with E-state index in [1.165, 1.54) is 5.56 Å². The molecule has 8 heteroatoms. The van der Waals surface area contributed by atoms with Crippen LogP contribution in [0, 0.1) is 6.92 Å². The molecule has 0 unspecified atom stereocenters. The lowest BCUT2D eigenvalue weighted by Gasteiger charge is -2.13. The quantitative estimate of drug-likeness (QED) is 0.394. The Bertz CT molecular complexity index is 1490. The molecule has 4 aromatic heterocycles. The van der Waals surface area contributed by atoms with Gasteiger partial charge in [0.05, 0.1) is 16.7 Å². The third-order valence-corrected chi connectivity index (χ3v) is 5.48. The number of aromatic amines is 2. The molecular weight excluding hydrogens is 400 g/mol. The molecule has 4 heterocycles. The number of imidazole rings is 1. The number of pyridine rings is 2. The molecule has 5 aromatic rings. The summed E-state index contributed by atoms with van der Waals surface area (Å²) in [5.41, 5.74) is 7.48. The topological polar surface area (TPSA) is 98.7 Å². The van der Waals surface area contributed by atoms with Gasteiger partial charge in [-0.2, -0.15) is 5.10 Å². The number of allylic oxidation sites excluding steroid dienone is 1. The molecule has 1 aromatic carbocycles. The monoisotopic (exact) mass is 422 g/mol. The van der Waals surface area contributed by atoms with Crippen molar-refractivity contribution in [3.8, 4) is 22.6 Å². The number of hydrogen-bond acceptors (Lipinski definition) is 6. The minimum Gasteiger partial charge on any atom is -0.336 e. The van der Waals surface area contributed by atoms with Gasteiger partial charge in [-0.05, 0) is 56.0 Å². The number of nitrogens with one attached hydrogen (secondary N) is 2. The molecule has 32 heavy (non-hydrogen) atoms. The molecule has 2 N–H and O–H groups in total. The predicted molar refractivity (Wildman–Crippen MR) is 129 cm³/mol. The van der Waals surface area contributed by atoms with Crippen LogP contribution in [0.5, 0.6) is 0 Å². The number of anilines is 1. The van der Waals surface area contributed by atoms with Crippen molar-refractivity contribution in [1.29, 1.82) is 0 Å². The maximum Gasteiger partial charge on any atom is 0.160 e. The fourth-order valence-corrected chi connectivity index (χ4v) is 3.80. The molecule has 0 saturated heterocycles. The summed E-state index contributed by atoms with van der Waals surface area (Å²) < 4.78 is 0. The third-order valence-electron chi connectivity index (χ3n) is 5.48. The second kappa shape index (κ2) is 7.73. The number of fused-ring (bicyclic) bond motifs is 2. The summed E-state index contributed by atoms with van der Waals surface area (Å²) in [6, 6.07) is 10.2. The number of aliphatic imine (C=N–C) groups is 1. The smallest absolute Gasteiger partial charge is 0.160 e. The molecule has 8 nitrogen and oxygen atoms in total. The Morgan fingerprint density at radius 3 is 2.84 bits per heavy atom. The summed E-state index contributed by atoms with van der Waals surface area (Å²) in [7, 11) is 1.91. The molecule has 158 valence electrons. The number of hydrogen-bond donors (Lipinski definition) is 2. The molecule has 5 rings (SSSR count). The zero-order valence-corrected chi connectivity index (χ0v) is 18.1. The summed E-state index contributed by atoms with van der Waals surface area (Å²) in [6.45, 7) is 7.54. The first-order valence-electron chi connectivity index (χ1n) is 10.2. The average Bonchev–Trinajstić information content (AvgIpc) is 3.42. The molecular formula is C24H22N8. The standard InChI is InChI=1S/C24H22N8/c1-14-7-9-26-12-18(14)16-5-6-19-17(11-16)21(31-30-19)23-28-20-8-10-27-24(22(20)29-23)32(4)13-15(2)25-3/h5-13H,3H2,1-2,4H3,(H,28,29)(H,30,31)/b15-13-. The van der Waals surface area contributed by atoms with Crippen molar-refractivity contribution in [2.45, 2.75) is 13.8 Å². The van der Waals surface area contributed by atoms with E-state index in [1.54, 1.807) is 12.4 Å².